The van der Waals surface area contributed by atoms with Gasteiger partial charge in [-0.2, -0.15) is 13.2 Å². The van der Waals surface area contributed by atoms with Crippen LogP contribution in [-0.4, -0.2) is 0 Å². The lowest BCUT2D eigenvalue weighted by molar-refractivity contribution is -0.137. The van der Waals surface area contributed by atoms with Crippen molar-refractivity contribution in [2.24, 2.45) is 0 Å². The summed E-state index contributed by atoms with van der Waals surface area (Å²) in [6.07, 6.45) is -0.0175. The lowest BCUT2D eigenvalue weighted by Crippen LogP contribution is -2.06. The monoisotopic (exact) mass is 248 g/mol. The Hall–Kier alpha value is -1.06. The molecule has 0 aliphatic heterocycles. The van der Waals surface area contributed by atoms with Crippen LogP contribution in [0.3, 0.4) is 0 Å². The summed E-state index contributed by atoms with van der Waals surface area (Å²) in [5.41, 5.74) is -0.554. The van der Waals surface area contributed by atoms with Gasteiger partial charge in [0.2, 0.25) is 0 Å². The Bertz CT molecular complexity index is 355. The summed E-state index contributed by atoms with van der Waals surface area (Å²) in [6, 6.07) is 2.76. The predicted octanol–water partition coefficient (Wildman–Crippen LogP) is 4.97. The molecule has 4 heteroatoms. The van der Waals surface area contributed by atoms with E-state index >= 15 is 0 Å². The van der Waals surface area contributed by atoms with Crippen molar-refractivity contribution in [2.45, 2.75) is 45.2 Å². The molecule has 0 amide bonds. The second-order valence-electron chi connectivity index (χ2n) is 4.11. The van der Waals surface area contributed by atoms with Crippen LogP contribution in [0.2, 0.25) is 0 Å². The smallest absolute Gasteiger partial charge is 0.207 e. The van der Waals surface area contributed by atoms with Crippen LogP contribution in [0.5, 0.6) is 0 Å². The van der Waals surface area contributed by atoms with E-state index in [1.54, 1.807) is 0 Å². The van der Waals surface area contributed by atoms with E-state index in [0.717, 1.165) is 31.7 Å². The summed E-state index contributed by atoms with van der Waals surface area (Å²) < 4.78 is 50.2. The average molecular weight is 248 g/mol. The van der Waals surface area contributed by atoms with Gasteiger partial charge in [0.15, 0.2) is 0 Å². The lowest BCUT2D eigenvalue weighted by Gasteiger charge is -2.09. The van der Waals surface area contributed by atoms with Crippen molar-refractivity contribution in [1.29, 1.82) is 0 Å². The molecule has 0 aliphatic rings. The highest BCUT2D eigenvalue weighted by Gasteiger charge is 2.30. The van der Waals surface area contributed by atoms with Gasteiger partial charge >= 0.3 is 6.18 Å². The molecule has 0 saturated carbocycles. The fourth-order valence-corrected chi connectivity index (χ4v) is 1.67. The number of hydrogen-bond donors (Lipinski definition) is 0. The van der Waals surface area contributed by atoms with E-state index in [-0.39, 0.29) is 0 Å². The van der Waals surface area contributed by atoms with Crippen LogP contribution in [0.25, 0.3) is 0 Å². The third kappa shape index (κ3) is 4.36. The van der Waals surface area contributed by atoms with Crippen molar-refractivity contribution in [3.8, 4) is 0 Å². The van der Waals surface area contributed by atoms with Gasteiger partial charge in [-0.25, -0.2) is 4.39 Å². The molecule has 0 bridgehead atoms. The molecule has 96 valence electrons. The summed E-state index contributed by atoms with van der Waals surface area (Å²) >= 11 is 0. The van der Waals surface area contributed by atoms with E-state index in [2.05, 4.69) is 6.92 Å². The Morgan fingerprint density at radius 3 is 2.29 bits per heavy atom. The highest BCUT2D eigenvalue weighted by molar-refractivity contribution is 5.26. The molecule has 1 rings (SSSR count). The van der Waals surface area contributed by atoms with E-state index in [9.17, 15) is 17.6 Å². The van der Waals surface area contributed by atoms with E-state index in [1.807, 2.05) is 0 Å². The van der Waals surface area contributed by atoms with Crippen LogP contribution in [-0.2, 0) is 12.6 Å². The second-order valence-corrected chi connectivity index (χ2v) is 4.11. The second kappa shape index (κ2) is 6.03. The topological polar surface area (TPSA) is 0 Å². The van der Waals surface area contributed by atoms with Crippen molar-refractivity contribution >= 4 is 0 Å². The van der Waals surface area contributed by atoms with Gasteiger partial charge in [-0.15, -0.1) is 0 Å². The van der Waals surface area contributed by atoms with Gasteiger partial charge in [0.05, 0.1) is 5.56 Å². The van der Waals surface area contributed by atoms with Crippen LogP contribution in [0.4, 0.5) is 17.6 Å². The molecule has 0 heterocycles. The SMILES string of the molecule is CCCCCCc1ccc(C(F)(F)F)cc1F. The van der Waals surface area contributed by atoms with Gasteiger partial charge in [0.1, 0.15) is 5.82 Å². The maximum Gasteiger partial charge on any atom is 0.416 e. The van der Waals surface area contributed by atoms with E-state index in [0.29, 0.717) is 18.1 Å². The lowest BCUT2D eigenvalue weighted by atomic mass is 10.0. The van der Waals surface area contributed by atoms with E-state index < -0.39 is 17.6 Å². The minimum absolute atomic E-state index is 0.370. The summed E-state index contributed by atoms with van der Waals surface area (Å²) in [6.45, 7) is 2.07. The minimum atomic E-state index is -4.47. The number of hydrogen-bond acceptors (Lipinski definition) is 0. The molecule has 0 aliphatic carbocycles. The van der Waals surface area contributed by atoms with Gasteiger partial charge in [-0.05, 0) is 30.5 Å². The van der Waals surface area contributed by atoms with Gasteiger partial charge < -0.3 is 0 Å². The van der Waals surface area contributed by atoms with Crippen LogP contribution in [0.1, 0.15) is 43.7 Å². The molecular formula is C13H16F4. The average Bonchev–Trinajstić information content (AvgIpc) is 2.24. The van der Waals surface area contributed by atoms with Crippen LogP contribution < -0.4 is 0 Å². The molecule has 0 radical (unpaired) electrons. The van der Waals surface area contributed by atoms with Crippen LogP contribution in [0.15, 0.2) is 18.2 Å². The zero-order chi connectivity index (χ0) is 12.9. The first-order chi connectivity index (χ1) is 7.95. The molecule has 0 saturated heterocycles. The molecule has 17 heavy (non-hydrogen) atoms. The first-order valence-electron chi connectivity index (χ1n) is 5.80. The minimum Gasteiger partial charge on any atom is -0.207 e. The molecular weight excluding hydrogens is 232 g/mol. The molecule has 0 atom stereocenters. The number of unbranched alkanes of at least 4 members (excludes halogenated alkanes) is 3. The van der Waals surface area contributed by atoms with Gasteiger partial charge in [0.25, 0.3) is 0 Å². The van der Waals surface area contributed by atoms with Crippen LogP contribution >= 0.6 is 0 Å². The largest absolute Gasteiger partial charge is 0.416 e. The van der Waals surface area contributed by atoms with Crippen molar-refractivity contribution in [2.75, 3.05) is 0 Å². The summed E-state index contributed by atoms with van der Waals surface area (Å²) in [5.74, 6) is -0.753. The molecule has 0 aromatic heterocycles. The fourth-order valence-electron chi connectivity index (χ4n) is 1.67. The number of aryl methyl sites for hydroxylation is 1. The maximum absolute atomic E-state index is 13.4. The van der Waals surface area contributed by atoms with Crippen molar-refractivity contribution in [3.63, 3.8) is 0 Å². The zero-order valence-electron chi connectivity index (χ0n) is 9.78. The molecule has 0 unspecified atom stereocenters. The fraction of sp³-hybridized carbons (Fsp3) is 0.538. The number of rotatable bonds is 5. The predicted molar refractivity (Wildman–Crippen MR) is 59.2 cm³/mol. The quantitative estimate of drug-likeness (QED) is 0.510. The van der Waals surface area contributed by atoms with Crippen molar-refractivity contribution in [3.05, 3.63) is 35.1 Å². The van der Waals surface area contributed by atoms with Gasteiger partial charge in [-0.1, -0.05) is 32.3 Å². The summed E-state index contributed by atoms with van der Waals surface area (Å²) in [4.78, 5) is 0. The zero-order valence-corrected chi connectivity index (χ0v) is 9.78. The molecule has 0 fully saturated rings. The normalized spacial score (nSPS) is 11.8. The summed E-state index contributed by atoms with van der Waals surface area (Å²) in [7, 11) is 0. The Labute approximate surface area is 98.6 Å². The number of halogens is 4. The first-order valence-corrected chi connectivity index (χ1v) is 5.80. The van der Waals surface area contributed by atoms with Crippen molar-refractivity contribution < 1.29 is 17.6 Å². The Morgan fingerprint density at radius 2 is 1.76 bits per heavy atom. The molecule has 0 spiro atoms. The Kier molecular flexibility index (Phi) is 4.97. The maximum atomic E-state index is 13.4. The van der Waals surface area contributed by atoms with Gasteiger partial charge in [0, 0.05) is 0 Å². The Balaban J connectivity index is 2.64. The van der Waals surface area contributed by atoms with E-state index in [1.165, 1.54) is 6.07 Å². The first kappa shape index (κ1) is 14.0. The van der Waals surface area contributed by atoms with Crippen LogP contribution in [0, 0.1) is 5.82 Å². The molecule has 0 nitrogen and oxygen atoms in total. The molecule has 1 aromatic carbocycles. The third-order valence-corrected chi connectivity index (χ3v) is 2.68. The Morgan fingerprint density at radius 1 is 1.06 bits per heavy atom. The third-order valence-electron chi connectivity index (χ3n) is 2.68. The molecule has 1 aromatic rings. The molecule has 0 N–H and O–H groups in total. The number of alkyl halides is 3. The number of benzene rings is 1. The van der Waals surface area contributed by atoms with E-state index in [4.69, 9.17) is 0 Å². The van der Waals surface area contributed by atoms with Gasteiger partial charge in [-0.3, -0.25) is 0 Å². The van der Waals surface area contributed by atoms with Crippen molar-refractivity contribution in [1.82, 2.24) is 0 Å². The highest BCUT2D eigenvalue weighted by atomic mass is 19.4. The highest BCUT2D eigenvalue weighted by Crippen LogP contribution is 2.30. The standard InChI is InChI=1S/C13H16F4/c1-2-3-4-5-6-10-7-8-11(9-12(10)14)13(15,16)17/h7-9H,2-6H2,1H3. The summed E-state index contributed by atoms with van der Waals surface area (Å²) in [5, 5.41) is 0.